The van der Waals surface area contributed by atoms with Crippen molar-refractivity contribution in [2.45, 2.75) is 88.6 Å². The predicted octanol–water partition coefficient (Wildman–Crippen LogP) is 3.99. The number of fused-ring (bicyclic) bond motifs is 5. The van der Waals surface area contributed by atoms with Gasteiger partial charge in [-0.05, 0) is 92.4 Å². The molecule has 8 atom stereocenters. The van der Waals surface area contributed by atoms with Crippen LogP contribution in [0.15, 0.2) is 34.8 Å². The number of aliphatic hydroxyl groups is 3. The van der Waals surface area contributed by atoms with Crippen molar-refractivity contribution in [3.05, 3.63) is 35.4 Å². The van der Waals surface area contributed by atoms with Crippen molar-refractivity contribution >= 4 is 12.2 Å². The van der Waals surface area contributed by atoms with Crippen LogP contribution in [0.1, 0.15) is 70.3 Å². The second-order valence-electron chi connectivity index (χ2n) is 13.2. The van der Waals surface area contributed by atoms with E-state index < -0.39 is 22.7 Å². The Morgan fingerprint density at radius 3 is 2.40 bits per heavy atom. The highest BCUT2D eigenvalue weighted by Crippen LogP contribution is 2.70. The van der Waals surface area contributed by atoms with Gasteiger partial charge in [0.05, 0.1) is 38.1 Å². The first-order valence-corrected chi connectivity index (χ1v) is 14.8. The summed E-state index contributed by atoms with van der Waals surface area (Å²) in [5.74, 6) is 1.29. The normalized spacial score (nSPS) is 42.5. The Bertz CT molecular complexity index is 1210. The SMILES string of the molecule is COc1cc(CN=C[C@]23CC[C@H](O)C[C@@]2(O)CC[C@@H]2[C@@H]3CC[C@]3(C)[C@@H](C4=CC(=O)OC4)CC[C@@]23O)cc(OC)c1. The van der Waals surface area contributed by atoms with Gasteiger partial charge in [-0.3, -0.25) is 4.99 Å². The van der Waals surface area contributed by atoms with Gasteiger partial charge in [0.15, 0.2) is 0 Å². The third-order valence-corrected chi connectivity index (χ3v) is 11.6. The minimum absolute atomic E-state index is 0.00811. The topological polar surface area (TPSA) is 118 Å². The Labute approximate surface area is 236 Å². The molecule has 1 heterocycles. The summed E-state index contributed by atoms with van der Waals surface area (Å²) in [5, 5.41) is 35.4. The Kier molecular flexibility index (Phi) is 6.83. The van der Waals surface area contributed by atoms with Crippen LogP contribution in [-0.2, 0) is 16.1 Å². The minimum atomic E-state index is -1.07. The number of benzene rings is 1. The molecular weight excluding hydrogens is 510 g/mol. The number of aliphatic imine (C=N–C) groups is 1. The van der Waals surface area contributed by atoms with E-state index in [0.29, 0.717) is 63.2 Å². The number of cyclic esters (lactones) is 1. The zero-order chi connectivity index (χ0) is 28.3. The van der Waals surface area contributed by atoms with Gasteiger partial charge in [-0.15, -0.1) is 0 Å². The fourth-order valence-electron chi connectivity index (χ4n) is 9.63. The molecule has 218 valence electrons. The van der Waals surface area contributed by atoms with E-state index in [4.69, 9.17) is 19.2 Å². The molecule has 4 aliphatic carbocycles. The van der Waals surface area contributed by atoms with Gasteiger partial charge in [-0.2, -0.15) is 0 Å². The molecule has 0 saturated heterocycles. The third kappa shape index (κ3) is 4.04. The van der Waals surface area contributed by atoms with Gasteiger partial charge in [0.2, 0.25) is 0 Å². The molecule has 1 aliphatic heterocycles. The van der Waals surface area contributed by atoms with Crippen LogP contribution >= 0.6 is 0 Å². The Hall–Kier alpha value is -2.42. The maximum Gasteiger partial charge on any atom is 0.331 e. The van der Waals surface area contributed by atoms with E-state index in [1.54, 1.807) is 20.3 Å². The molecule has 4 saturated carbocycles. The first-order chi connectivity index (χ1) is 19.1. The molecule has 0 bridgehead atoms. The number of nitrogens with zero attached hydrogens (tertiary/aromatic N) is 1. The van der Waals surface area contributed by atoms with Crippen molar-refractivity contribution in [3.8, 4) is 11.5 Å². The van der Waals surface area contributed by atoms with Crippen LogP contribution < -0.4 is 9.47 Å². The van der Waals surface area contributed by atoms with Crippen molar-refractivity contribution < 1.29 is 34.3 Å². The predicted molar refractivity (Wildman–Crippen MR) is 149 cm³/mol. The van der Waals surface area contributed by atoms with Gasteiger partial charge in [-0.25, -0.2) is 4.79 Å². The number of ether oxygens (including phenoxy) is 3. The molecule has 0 amide bonds. The van der Waals surface area contributed by atoms with E-state index in [1.807, 2.05) is 24.4 Å². The maximum atomic E-state index is 12.6. The van der Waals surface area contributed by atoms with Gasteiger partial charge < -0.3 is 29.5 Å². The summed E-state index contributed by atoms with van der Waals surface area (Å²) in [6, 6.07) is 5.71. The Morgan fingerprint density at radius 1 is 1.00 bits per heavy atom. The van der Waals surface area contributed by atoms with Gasteiger partial charge in [0.1, 0.15) is 18.1 Å². The molecule has 6 rings (SSSR count). The lowest BCUT2D eigenvalue weighted by molar-refractivity contribution is -0.237. The first-order valence-electron chi connectivity index (χ1n) is 14.8. The number of hydrogen-bond acceptors (Lipinski definition) is 8. The summed E-state index contributed by atoms with van der Waals surface area (Å²) >= 11 is 0. The number of carbonyl (C=O) groups is 1. The molecule has 5 aliphatic rings. The molecule has 40 heavy (non-hydrogen) atoms. The van der Waals surface area contributed by atoms with Crippen molar-refractivity contribution in [3.63, 3.8) is 0 Å². The minimum Gasteiger partial charge on any atom is -0.497 e. The van der Waals surface area contributed by atoms with Gasteiger partial charge >= 0.3 is 5.97 Å². The van der Waals surface area contributed by atoms with Crippen molar-refractivity contribution in [1.82, 2.24) is 0 Å². The van der Waals surface area contributed by atoms with Crippen molar-refractivity contribution in [2.24, 2.45) is 33.6 Å². The highest BCUT2D eigenvalue weighted by Gasteiger charge is 2.71. The van der Waals surface area contributed by atoms with Crippen LogP contribution in [0.3, 0.4) is 0 Å². The Morgan fingerprint density at radius 2 is 1.73 bits per heavy atom. The number of rotatable bonds is 6. The highest BCUT2D eigenvalue weighted by atomic mass is 16.5. The van der Waals surface area contributed by atoms with Crippen LogP contribution in [0.2, 0.25) is 0 Å². The molecule has 0 unspecified atom stereocenters. The largest absolute Gasteiger partial charge is 0.497 e. The van der Waals surface area contributed by atoms with Crippen LogP contribution in [0, 0.1) is 28.6 Å². The second-order valence-corrected chi connectivity index (χ2v) is 13.2. The lowest BCUT2D eigenvalue weighted by atomic mass is 9.41. The third-order valence-electron chi connectivity index (χ3n) is 11.6. The van der Waals surface area contributed by atoms with E-state index in [0.717, 1.165) is 30.4 Å². The molecule has 1 aromatic rings. The molecule has 8 heteroatoms. The van der Waals surface area contributed by atoms with E-state index in [1.165, 1.54) is 0 Å². The zero-order valence-corrected chi connectivity index (χ0v) is 23.9. The molecule has 0 radical (unpaired) electrons. The molecule has 3 N–H and O–H groups in total. The summed E-state index contributed by atoms with van der Waals surface area (Å²) in [6.45, 7) is 2.94. The van der Waals surface area contributed by atoms with Gasteiger partial charge in [0.25, 0.3) is 0 Å². The maximum absolute atomic E-state index is 12.6. The van der Waals surface area contributed by atoms with E-state index >= 15 is 0 Å². The molecule has 1 aromatic carbocycles. The first kappa shape index (κ1) is 27.7. The number of carbonyl (C=O) groups excluding carboxylic acids is 1. The van der Waals surface area contributed by atoms with E-state index in [2.05, 4.69) is 6.92 Å². The van der Waals surface area contributed by atoms with Crippen LogP contribution in [0.5, 0.6) is 11.5 Å². The molecular formula is C32H43NO7. The zero-order valence-electron chi connectivity index (χ0n) is 23.9. The number of aliphatic hydroxyl groups excluding tert-OH is 1. The lowest BCUT2D eigenvalue weighted by Crippen LogP contribution is -2.68. The fraction of sp³-hybridized carbons (Fsp3) is 0.688. The van der Waals surface area contributed by atoms with Gasteiger partial charge in [-0.1, -0.05) is 6.92 Å². The van der Waals surface area contributed by atoms with Gasteiger partial charge in [0, 0.05) is 35.6 Å². The number of methoxy groups -OCH3 is 2. The monoisotopic (exact) mass is 553 g/mol. The van der Waals surface area contributed by atoms with Crippen LogP contribution in [0.25, 0.3) is 0 Å². The molecule has 8 nitrogen and oxygen atoms in total. The molecule has 4 fully saturated rings. The van der Waals surface area contributed by atoms with E-state index in [-0.39, 0.29) is 29.1 Å². The van der Waals surface area contributed by atoms with Crippen molar-refractivity contribution in [2.75, 3.05) is 20.8 Å². The average Bonchev–Trinajstić information content (AvgIpc) is 3.48. The number of hydrogen-bond donors (Lipinski definition) is 3. The summed E-state index contributed by atoms with van der Waals surface area (Å²) < 4.78 is 16.1. The smallest absolute Gasteiger partial charge is 0.331 e. The lowest BCUT2D eigenvalue weighted by Gasteiger charge is -2.65. The second kappa shape index (κ2) is 9.85. The highest BCUT2D eigenvalue weighted by molar-refractivity contribution is 5.85. The Balaban J connectivity index is 1.34. The molecule has 0 aromatic heterocycles. The van der Waals surface area contributed by atoms with E-state index in [9.17, 15) is 20.1 Å². The van der Waals surface area contributed by atoms with Crippen LogP contribution in [0.4, 0.5) is 0 Å². The quantitative estimate of drug-likeness (QED) is 0.360. The standard InChI is InChI=1S/C32H43NO7/c1-29-8-5-26-27(32(29,37)11-7-25(29)21-14-28(35)40-18-21)6-10-31(36)16-22(34)4-9-30(26,31)19-33-17-20-12-23(38-2)15-24(13-20)39-3/h12-15,19,22,25-27,34,36-37H,4-11,16-18H2,1-3H3/t22-,25+,26-,27+,29+,30-,31-,32+/m0/s1. The number of esters is 1. The summed E-state index contributed by atoms with van der Waals surface area (Å²) in [6.07, 6.45) is 9.09. The summed E-state index contributed by atoms with van der Waals surface area (Å²) in [5.41, 5.74) is -0.986. The summed E-state index contributed by atoms with van der Waals surface area (Å²) in [7, 11) is 3.25. The summed E-state index contributed by atoms with van der Waals surface area (Å²) in [4.78, 5) is 16.8. The van der Waals surface area contributed by atoms with Crippen molar-refractivity contribution in [1.29, 1.82) is 0 Å². The fourth-order valence-corrected chi connectivity index (χ4v) is 9.63. The van der Waals surface area contributed by atoms with Crippen LogP contribution in [-0.4, -0.2) is 65.6 Å². The molecule has 0 spiro atoms. The average molecular weight is 554 g/mol.